The molecule has 0 spiro atoms. The second-order valence-electron chi connectivity index (χ2n) is 5.42. The van der Waals surface area contributed by atoms with E-state index in [9.17, 15) is 13.2 Å². The summed E-state index contributed by atoms with van der Waals surface area (Å²) in [7, 11) is 0. The molecule has 2 nitrogen and oxygen atoms in total. The molecule has 0 saturated heterocycles. The Kier molecular flexibility index (Phi) is 3.25. The number of fused-ring (bicyclic) bond motifs is 1. The van der Waals surface area contributed by atoms with Gasteiger partial charge in [0.1, 0.15) is 5.01 Å². The summed E-state index contributed by atoms with van der Waals surface area (Å²) >= 11 is 1.42. The number of alkyl halides is 3. The minimum absolute atomic E-state index is 0.398. The molecule has 1 aromatic heterocycles. The number of nitrogens with zero attached hydrogens (tertiary/aromatic N) is 1. The lowest BCUT2D eigenvalue weighted by Gasteiger charge is -2.31. The molecule has 1 fully saturated rings. The predicted octanol–water partition coefficient (Wildman–Crippen LogP) is 4.43. The first-order valence-electron chi connectivity index (χ1n) is 6.66. The van der Waals surface area contributed by atoms with Crippen molar-refractivity contribution in [3.8, 4) is 0 Å². The lowest BCUT2D eigenvalue weighted by Crippen LogP contribution is -2.38. The number of hydrogen-bond donors (Lipinski definition) is 1. The van der Waals surface area contributed by atoms with Crippen molar-refractivity contribution in [2.24, 2.45) is 5.73 Å². The number of nitrogens with two attached hydrogens (primary N) is 1. The first-order valence-corrected chi connectivity index (χ1v) is 7.47. The number of halogens is 3. The molecule has 1 saturated carbocycles. The smallest absolute Gasteiger partial charge is 0.319 e. The number of thiazole rings is 1. The first-order chi connectivity index (χ1) is 9.38. The van der Waals surface area contributed by atoms with Gasteiger partial charge in [-0.1, -0.05) is 19.3 Å². The van der Waals surface area contributed by atoms with E-state index in [4.69, 9.17) is 5.73 Å². The third-order valence-corrected chi connectivity index (χ3v) is 5.14. The first kappa shape index (κ1) is 13.8. The zero-order valence-corrected chi connectivity index (χ0v) is 11.7. The van der Waals surface area contributed by atoms with Gasteiger partial charge in [0.25, 0.3) is 0 Å². The van der Waals surface area contributed by atoms with Gasteiger partial charge in [-0.05, 0) is 31.0 Å². The summed E-state index contributed by atoms with van der Waals surface area (Å²) in [5, 5.41) is 0.770. The summed E-state index contributed by atoms with van der Waals surface area (Å²) in [6, 6.07) is 3.71. The van der Waals surface area contributed by atoms with Gasteiger partial charge in [-0.25, -0.2) is 4.98 Å². The molecule has 1 aliphatic rings. The van der Waals surface area contributed by atoms with Crippen LogP contribution in [-0.4, -0.2) is 4.98 Å². The van der Waals surface area contributed by atoms with Crippen molar-refractivity contribution in [3.63, 3.8) is 0 Å². The van der Waals surface area contributed by atoms with Gasteiger partial charge in [0.05, 0.1) is 21.3 Å². The van der Waals surface area contributed by atoms with E-state index < -0.39 is 17.3 Å². The van der Waals surface area contributed by atoms with Crippen LogP contribution >= 0.6 is 11.3 Å². The van der Waals surface area contributed by atoms with Gasteiger partial charge in [-0.3, -0.25) is 0 Å². The minimum atomic E-state index is -4.33. The molecule has 1 heterocycles. The molecule has 20 heavy (non-hydrogen) atoms. The summed E-state index contributed by atoms with van der Waals surface area (Å²) < 4.78 is 38.9. The fourth-order valence-corrected chi connectivity index (χ4v) is 3.82. The van der Waals surface area contributed by atoms with Crippen molar-refractivity contribution < 1.29 is 13.2 Å². The zero-order chi connectivity index (χ0) is 14.4. The van der Waals surface area contributed by atoms with E-state index in [0.29, 0.717) is 5.52 Å². The fraction of sp³-hybridized carbons (Fsp3) is 0.500. The van der Waals surface area contributed by atoms with Crippen LogP contribution in [0, 0.1) is 0 Å². The largest absolute Gasteiger partial charge is 0.416 e. The van der Waals surface area contributed by atoms with Gasteiger partial charge in [-0.15, -0.1) is 11.3 Å². The molecule has 0 atom stereocenters. The van der Waals surface area contributed by atoms with Crippen LogP contribution in [-0.2, 0) is 11.7 Å². The molecule has 0 unspecified atom stereocenters. The number of benzene rings is 1. The van der Waals surface area contributed by atoms with Crippen LogP contribution in [0.5, 0.6) is 0 Å². The van der Waals surface area contributed by atoms with Gasteiger partial charge in [-0.2, -0.15) is 13.2 Å². The molecule has 3 rings (SSSR count). The van der Waals surface area contributed by atoms with Gasteiger partial charge < -0.3 is 5.73 Å². The van der Waals surface area contributed by atoms with E-state index >= 15 is 0 Å². The quantitative estimate of drug-likeness (QED) is 0.846. The van der Waals surface area contributed by atoms with E-state index in [2.05, 4.69) is 4.98 Å². The van der Waals surface area contributed by atoms with E-state index in [-0.39, 0.29) is 0 Å². The maximum atomic E-state index is 12.7. The number of aromatic nitrogens is 1. The molecule has 0 aliphatic heterocycles. The Morgan fingerprint density at radius 1 is 1.15 bits per heavy atom. The van der Waals surface area contributed by atoms with Crippen molar-refractivity contribution in [1.29, 1.82) is 0 Å². The normalized spacial score (nSPS) is 19.4. The predicted molar refractivity (Wildman–Crippen MR) is 73.6 cm³/mol. The topological polar surface area (TPSA) is 38.9 Å². The van der Waals surface area contributed by atoms with Crippen LogP contribution in [0.1, 0.15) is 42.7 Å². The highest BCUT2D eigenvalue weighted by Gasteiger charge is 2.34. The maximum Gasteiger partial charge on any atom is 0.416 e. The van der Waals surface area contributed by atoms with Crippen molar-refractivity contribution in [3.05, 3.63) is 28.8 Å². The Morgan fingerprint density at radius 2 is 1.85 bits per heavy atom. The monoisotopic (exact) mass is 300 g/mol. The van der Waals surface area contributed by atoms with E-state index in [1.165, 1.54) is 23.8 Å². The Bertz CT molecular complexity index is 627. The van der Waals surface area contributed by atoms with Crippen LogP contribution in [0.3, 0.4) is 0 Å². The molecule has 0 amide bonds. The molecular formula is C14H15F3N2S. The zero-order valence-electron chi connectivity index (χ0n) is 10.8. The maximum absolute atomic E-state index is 12.7. The number of rotatable bonds is 1. The van der Waals surface area contributed by atoms with Gasteiger partial charge in [0.2, 0.25) is 0 Å². The summed E-state index contributed by atoms with van der Waals surface area (Å²) in [4.78, 5) is 4.38. The summed E-state index contributed by atoms with van der Waals surface area (Å²) in [5.74, 6) is 0. The fourth-order valence-electron chi connectivity index (χ4n) is 2.71. The summed E-state index contributed by atoms with van der Waals surface area (Å²) in [6.07, 6.45) is 0.670. The van der Waals surface area contributed by atoms with Crippen LogP contribution in [0.4, 0.5) is 13.2 Å². The highest BCUT2D eigenvalue weighted by molar-refractivity contribution is 7.18. The molecule has 1 aromatic carbocycles. The van der Waals surface area contributed by atoms with Crippen LogP contribution < -0.4 is 5.73 Å². The van der Waals surface area contributed by atoms with Crippen molar-refractivity contribution in [2.75, 3.05) is 0 Å². The van der Waals surface area contributed by atoms with Gasteiger partial charge in [0.15, 0.2) is 0 Å². The van der Waals surface area contributed by atoms with Crippen molar-refractivity contribution in [2.45, 2.75) is 43.8 Å². The van der Waals surface area contributed by atoms with E-state index in [0.717, 1.165) is 47.5 Å². The molecule has 2 aromatic rings. The highest BCUT2D eigenvalue weighted by atomic mass is 32.1. The van der Waals surface area contributed by atoms with Gasteiger partial charge >= 0.3 is 6.18 Å². The average molecular weight is 300 g/mol. The average Bonchev–Trinajstić information content (AvgIpc) is 2.82. The van der Waals surface area contributed by atoms with Crippen LogP contribution in [0.2, 0.25) is 0 Å². The summed E-state index contributed by atoms with van der Waals surface area (Å²) in [6.45, 7) is 0. The second-order valence-corrected chi connectivity index (χ2v) is 6.45. The van der Waals surface area contributed by atoms with Crippen LogP contribution in [0.15, 0.2) is 18.2 Å². The minimum Gasteiger partial charge on any atom is -0.319 e. The Morgan fingerprint density at radius 3 is 2.50 bits per heavy atom. The van der Waals surface area contributed by atoms with Crippen molar-refractivity contribution in [1.82, 2.24) is 4.98 Å². The Labute approximate surface area is 118 Å². The third-order valence-electron chi connectivity index (χ3n) is 3.89. The molecule has 2 N–H and O–H groups in total. The lowest BCUT2D eigenvalue weighted by molar-refractivity contribution is -0.137. The standard InChI is InChI=1S/C14H15F3N2S/c15-14(16,17)9-4-5-11-10(8-9)19-12(20-11)13(18)6-2-1-3-7-13/h4-5,8H,1-3,6-7,18H2. The molecule has 6 heteroatoms. The third kappa shape index (κ3) is 2.42. The highest BCUT2D eigenvalue weighted by Crippen LogP contribution is 2.39. The molecule has 0 radical (unpaired) electrons. The van der Waals surface area contributed by atoms with Gasteiger partial charge in [0, 0.05) is 0 Å². The van der Waals surface area contributed by atoms with E-state index in [1.54, 1.807) is 0 Å². The number of hydrogen-bond acceptors (Lipinski definition) is 3. The van der Waals surface area contributed by atoms with Crippen molar-refractivity contribution >= 4 is 21.6 Å². The second kappa shape index (κ2) is 4.70. The van der Waals surface area contributed by atoms with E-state index in [1.807, 2.05) is 0 Å². The Balaban J connectivity index is 2.02. The lowest BCUT2D eigenvalue weighted by atomic mass is 9.83. The molecule has 108 valence electrons. The molecule has 0 bridgehead atoms. The molecular weight excluding hydrogens is 285 g/mol. The van der Waals surface area contributed by atoms with Crippen LogP contribution in [0.25, 0.3) is 10.2 Å². The molecule has 1 aliphatic carbocycles. The SMILES string of the molecule is NC1(c2nc3cc(C(F)(F)F)ccc3s2)CCCCC1. The summed E-state index contributed by atoms with van der Waals surface area (Å²) in [5.41, 5.74) is 5.68. The Hall–Kier alpha value is -1.14.